The summed E-state index contributed by atoms with van der Waals surface area (Å²) in [4.78, 5) is 33.2. The van der Waals surface area contributed by atoms with E-state index in [1.54, 1.807) is 4.57 Å². The minimum absolute atomic E-state index is 0.0796. The van der Waals surface area contributed by atoms with Gasteiger partial charge in [0.25, 0.3) is 11.1 Å². The predicted molar refractivity (Wildman–Crippen MR) is 123 cm³/mol. The number of H-pyrrole nitrogens is 1. The van der Waals surface area contributed by atoms with Gasteiger partial charge in [-0.2, -0.15) is 4.68 Å². The number of thiazole rings is 1. The van der Waals surface area contributed by atoms with E-state index in [1.807, 2.05) is 31.2 Å². The van der Waals surface area contributed by atoms with Crippen LogP contribution in [0.4, 0.5) is 0 Å². The molecule has 162 valence electrons. The Hall–Kier alpha value is -2.75. The van der Waals surface area contributed by atoms with E-state index in [1.165, 1.54) is 22.1 Å². The highest BCUT2D eigenvalue weighted by molar-refractivity contribution is 7.20. The molecule has 9 heteroatoms. The number of pyridine rings is 1. The molecule has 4 heterocycles. The molecule has 0 bridgehead atoms. The normalized spacial score (nSPS) is 15.3. The van der Waals surface area contributed by atoms with E-state index in [2.05, 4.69) is 15.0 Å². The number of hydrogen-bond donors (Lipinski definition) is 1. The summed E-state index contributed by atoms with van der Waals surface area (Å²) in [6, 6.07) is 9.34. The van der Waals surface area contributed by atoms with Crippen LogP contribution in [0.1, 0.15) is 19.0 Å². The molecule has 0 spiro atoms. The van der Waals surface area contributed by atoms with Crippen molar-refractivity contribution in [2.24, 2.45) is 0 Å². The molecule has 1 saturated heterocycles. The second kappa shape index (κ2) is 8.41. The van der Waals surface area contributed by atoms with Crippen molar-refractivity contribution in [1.29, 1.82) is 0 Å². The van der Waals surface area contributed by atoms with Crippen LogP contribution in [0.15, 0.2) is 39.9 Å². The Morgan fingerprint density at radius 3 is 2.74 bits per heavy atom. The van der Waals surface area contributed by atoms with Gasteiger partial charge in [0.1, 0.15) is 0 Å². The zero-order valence-corrected chi connectivity index (χ0v) is 18.3. The molecule has 0 amide bonds. The number of nitrogens with zero attached hydrogens (tertiary/aromatic N) is 4. The molecular weight excluding hydrogens is 414 g/mol. The number of nitrogens with one attached hydrogen (secondary N) is 1. The zero-order chi connectivity index (χ0) is 21.4. The fourth-order valence-electron chi connectivity index (χ4n) is 4.29. The topological polar surface area (TPSA) is 85.2 Å². The fraction of sp³-hybridized carbons (Fsp3) is 0.409. The lowest BCUT2D eigenvalue weighted by molar-refractivity contribution is 0.0369. The molecule has 0 atom stereocenters. The summed E-state index contributed by atoms with van der Waals surface area (Å²) in [7, 11) is 0. The van der Waals surface area contributed by atoms with Gasteiger partial charge in [0.2, 0.25) is 5.13 Å². The molecule has 5 rings (SSSR count). The lowest BCUT2D eigenvalue weighted by atomic mass is 10.2. The number of aryl methyl sites for hydroxylation is 1. The number of fused-ring (bicyclic) bond motifs is 2. The lowest BCUT2D eigenvalue weighted by Gasteiger charge is -2.26. The molecule has 0 unspecified atom stereocenters. The number of benzene rings is 1. The summed E-state index contributed by atoms with van der Waals surface area (Å²) in [6.45, 7) is 6.89. The first kappa shape index (κ1) is 20.2. The Bertz CT molecular complexity index is 1310. The SMILES string of the molecule is CCc1c2c(=O)n(-c3nc4ccccc4s3)[nH]c2cc(=O)n1CCCN1CCOCC1. The molecule has 1 fully saturated rings. The lowest BCUT2D eigenvalue weighted by Crippen LogP contribution is -2.37. The minimum Gasteiger partial charge on any atom is -0.379 e. The molecule has 1 aliphatic rings. The molecule has 1 aromatic carbocycles. The van der Waals surface area contributed by atoms with E-state index in [0.717, 1.165) is 55.2 Å². The average molecular weight is 440 g/mol. The third-order valence-corrected chi connectivity index (χ3v) is 6.86. The number of morpholine rings is 1. The third-order valence-electron chi connectivity index (χ3n) is 5.84. The summed E-state index contributed by atoms with van der Waals surface area (Å²) in [6.07, 6.45) is 1.46. The van der Waals surface area contributed by atoms with Crippen LogP contribution in [0.2, 0.25) is 0 Å². The number of ether oxygens (including phenoxy) is 1. The van der Waals surface area contributed by atoms with Crippen molar-refractivity contribution in [3.05, 3.63) is 56.7 Å². The maximum Gasteiger partial charge on any atom is 0.282 e. The summed E-state index contributed by atoms with van der Waals surface area (Å²) in [5, 5.41) is 4.26. The Balaban J connectivity index is 1.51. The number of aromatic amines is 1. The maximum atomic E-state index is 13.3. The molecule has 0 saturated carbocycles. The van der Waals surface area contributed by atoms with Gasteiger partial charge < -0.3 is 9.30 Å². The molecule has 3 aromatic heterocycles. The Kier molecular flexibility index (Phi) is 5.47. The summed E-state index contributed by atoms with van der Waals surface area (Å²) in [5.41, 5.74) is 1.96. The van der Waals surface area contributed by atoms with Gasteiger partial charge in [-0.05, 0) is 25.0 Å². The molecule has 1 aliphatic heterocycles. The molecule has 0 aliphatic carbocycles. The van der Waals surface area contributed by atoms with Gasteiger partial charge in [-0.15, -0.1) is 0 Å². The van der Waals surface area contributed by atoms with Gasteiger partial charge in [-0.25, -0.2) is 4.98 Å². The highest BCUT2D eigenvalue weighted by Gasteiger charge is 2.19. The summed E-state index contributed by atoms with van der Waals surface area (Å²) >= 11 is 1.45. The van der Waals surface area contributed by atoms with E-state index in [-0.39, 0.29) is 11.1 Å². The van der Waals surface area contributed by atoms with Crippen LogP contribution in [0, 0.1) is 0 Å². The summed E-state index contributed by atoms with van der Waals surface area (Å²) < 4.78 is 9.64. The molecule has 8 nitrogen and oxygen atoms in total. The van der Waals surface area contributed by atoms with Gasteiger partial charge >= 0.3 is 0 Å². The van der Waals surface area contributed by atoms with Crippen molar-refractivity contribution in [3.63, 3.8) is 0 Å². The van der Waals surface area contributed by atoms with E-state index in [0.29, 0.717) is 29.0 Å². The van der Waals surface area contributed by atoms with Crippen LogP contribution in [-0.2, 0) is 17.7 Å². The monoisotopic (exact) mass is 439 g/mol. The second-order valence-electron chi connectivity index (χ2n) is 7.75. The predicted octanol–water partition coefficient (Wildman–Crippen LogP) is 2.37. The highest BCUT2D eigenvalue weighted by atomic mass is 32.1. The van der Waals surface area contributed by atoms with Crippen LogP contribution >= 0.6 is 11.3 Å². The van der Waals surface area contributed by atoms with Gasteiger partial charge in [0, 0.05) is 37.9 Å². The molecule has 4 aromatic rings. The standard InChI is InChI=1S/C22H25N5O3S/c1-2-17-20-16(14-19(28)26(17)9-5-8-25-10-12-30-13-11-25)24-27(21(20)29)22-23-15-6-3-4-7-18(15)31-22/h3-4,6-7,14,24H,2,5,8-13H2,1H3. The van der Waals surface area contributed by atoms with Crippen molar-refractivity contribution in [2.45, 2.75) is 26.3 Å². The fourth-order valence-corrected chi connectivity index (χ4v) is 5.21. The van der Waals surface area contributed by atoms with Crippen LogP contribution < -0.4 is 11.1 Å². The number of para-hydroxylation sites is 1. The van der Waals surface area contributed by atoms with Crippen molar-refractivity contribution < 1.29 is 4.74 Å². The quantitative estimate of drug-likeness (QED) is 0.499. The number of hydrogen-bond acceptors (Lipinski definition) is 6. The van der Waals surface area contributed by atoms with E-state index in [4.69, 9.17) is 4.74 Å². The van der Waals surface area contributed by atoms with Crippen LogP contribution in [-0.4, -0.2) is 57.1 Å². The zero-order valence-electron chi connectivity index (χ0n) is 17.5. The largest absolute Gasteiger partial charge is 0.379 e. The van der Waals surface area contributed by atoms with Crippen molar-refractivity contribution >= 4 is 32.5 Å². The smallest absolute Gasteiger partial charge is 0.282 e. The van der Waals surface area contributed by atoms with Gasteiger partial charge in [0.05, 0.1) is 34.3 Å². The van der Waals surface area contributed by atoms with Crippen LogP contribution in [0.5, 0.6) is 0 Å². The van der Waals surface area contributed by atoms with Gasteiger partial charge in [-0.3, -0.25) is 19.6 Å². The Morgan fingerprint density at radius 1 is 1.16 bits per heavy atom. The number of rotatable bonds is 6. The van der Waals surface area contributed by atoms with Crippen molar-refractivity contribution in [1.82, 2.24) is 24.2 Å². The second-order valence-corrected chi connectivity index (χ2v) is 8.76. The molecule has 0 radical (unpaired) electrons. The van der Waals surface area contributed by atoms with Gasteiger partial charge in [-0.1, -0.05) is 30.4 Å². The van der Waals surface area contributed by atoms with Crippen molar-refractivity contribution in [3.8, 4) is 5.13 Å². The molecule has 1 N–H and O–H groups in total. The minimum atomic E-state index is -0.159. The highest BCUT2D eigenvalue weighted by Crippen LogP contribution is 2.24. The van der Waals surface area contributed by atoms with Crippen LogP contribution in [0.25, 0.3) is 26.3 Å². The van der Waals surface area contributed by atoms with Crippen molar-refractivity contribution in [2.75, 3.05) is 32.8 Å². The first-order valence-electron chi connectivity index (χ1n) is 10.7. The summed E-state index contributed by atoms with van der Waals surface area (Å²) in [5.74, 6) is 0. The van der Waals surface area contributed by atoms with E-state index < -0.39 is 0 Å². The maximum absolute atomic E-state index is 13.3. The average Bonchev–Trinajstić information content (AvgIpc) is 3.35. The first-order chi connectivity index (χ1) is 15.2. The first-order valence-corrected chi connectivity index (χ1v) is 11.5. The van der Waals surface area contributed by atoms with E-state index >= 15 is 0 Å². The Morgan fingerprint density at radius 2 is 1.97 bits per heavy atom. The van der Waals surface area contributed by atoms with Gasteiger partial charge in [0.15, 0.2) is 0 Å². The third kappa shape index (κ3) is 3.73. The Labute approximate surface area is 182 Å². The van der Waals surface area contributed by atoms with E-state index in [9.17, 15) is 9.59 Å². The van der Waals surface area contributed by atoms with Crippen LogP contribution in [0.3, 0.4) is 0 Å². The number of aromatic nitrogens is 4. The molecular formula is C22H25N5O3S. The molecule has 31 heavy (non-hydrogen) atoms.